The van der Waals surface area contributed by atoms with E-state index in [1.54, 1.807) is 13.8 Å². The van der Waals surface area contributed by atoms with Crippen molar-refractivity contribution >= 4 is 5.97 Å². The van der Waals surface area contributed by atoms with Crippen LogP contribution in [0.2, 0.25) is 0 Å². The molecule has 0 saturated heterocycles. The number of hydrogen-bond donors (Lipinski definition) is 2. The summed E-state index contributed by atoms with van der Waals surface area (Å²) in [6, 6.07) is 2.51. The van der Waals surface area contributed by atoms with Crippen LogP contribution in [-0.2, 0) is 10.2 Å². The van der Waals surface area contributed by atoms with Gasteiger partial charge in [0, 0.05) is 17.5 Å². The molecule has 17 heavy (non-hydrogen) atoms. The summed E-state index contributed by atoms with van der Waals surface area (Å²) >= 11 is 0. The Balaban J connectivity index is 3.27. The number of rotatable bonds is 4. The Morgan fingerprint density at radius 2 is 2.12 bits per heavy atom. The van der Waals surface area contributed by atoms with E-state index in [0.29, 0.717) is 0 Å². The number of aliphatic carboxylic acids is 1. The number of carboxylic acids is 1. The summed E-state index contributed by atoms with van der Waals surface area (Å²) in [6.07, 6.45) is -0.312. The molecule has 3 nitrogen and oxygen atoms in total. The van der Waals surface area contributed by atoms with Crippen LogP contribution >= 0.6 is 0 Å². The van der Waals surface area contributed by atoms with Gasteiger partial charge in [-0.1, -0.05) is 13.0 Å². The van der Waals surface area contributed by atoms with Crippen LogP contribution < -0.4 is 5.73 Å². The average molecular weight is 243 g/mol. The lowest BCUT2D eigenvalue weighted by molar-refractivity contribution is -0.138. The molecular formula is C12H15F2NO2. The Bertz CT molecular complexity index is 435. The van der Waals surface area contributed by atoms with Crippen molar-refractivity contribution in [3.63, 3.8) is 0 Å². The van der Waals surface area contributed by atoms with Crippen LogP contribution in [-0.4, -0.2) is 17.1 Å². The van der Waals surface area contributed by atoms with Gasteiger partial charge < -0.3 is 10.8 Å². The Morgan fingerprint density at radius 3 is 2.53 bits per heavy atom. The first-order chi connectivity index (χ1) is 7.77. The molecule has 0 bridgehead atoms. The minimum atomic E-state index is -1.08. The maximum atomic E-state index is 13.7. The molecule has 0 fully saturated rings. The average Bonchev–Trinajstić information content (AvgIpc) is 2.15. The van der Waals surface area contributed by atoms with Crippen LogP contribution in [0.15, 0.2) is 18.2 Å². The summed E-state index contributed by atoms with van der Waals surface area (Å²) in [4.78, 5) is 10.8. The van der Waals surface area contributed by atoms with E-state index in [0.717, 1.165) is 12.1 Å². The molecule has 0 aliphatic carbocycles. The van der Waals surface area contributed by atoms with Crippen molar-refractivity contribution in [2.45, 2.75) is 31.7 Å². The van der Waals surface area contributed by atoms with Crippen molar-refractivity contribution in [2.24, 2.45) is 5.73 Å². The van der Waals surface area contributed by atoms with Gasteiger partial charge in [-0.05, 0) is 18.6 Å². The normalized spacial score (nSPS) is 16.3. The van der Waals surface area contributed by atoms with E-state index in [9.17, 15) is 13.6 Å². The number of halogens is 2. The lowest BCUT2D eigenvalue weighted by atomic mass is 9.74. The van der Waals surface area contributed by atoms with Gasteiger partial charge in [-0.2, -0.15) is 0 Å². The molecule has 1 aromatic carbocycles. The molecule has 0 saturated carbocycles. The fraction of sp³-hybridized carbons (Fsp3) is 0.417. The SMILES string of the molecule is CC(N)C(C)(CC(=O)O)c1ccc(F)cc1F. The van der Waals surface area contributed by atoms with Gasteiger partial charge in [-0.25, -0.2) is 8.78 Å². The Labute approximate surface area is 98.2 Å². The first-order valence-corrected chi connectivity index (χ1v) is 5.20. The molecule has 0 heterocycles. The molecule has 1 aromatic rings. The Morgan fingerprint density at radius 1 is 1.53 bits per heavy atom. The molecule has 94 valence electrons. The van der Waals surface area contributed by atoms with Crippen LogP contribution in [0, 0.1) is 11.6 Å². The maximum absolute atomic E-state index is 13.7. The molecule has 0 spiro atoms. The number of carbonyl (C=O) groups is 1. The molecule has 5 heteroatoms. The minimum Gasteiger partial charge on any atom is -0.481 e. The number of carboxylic acid groups (broad SMARTS) is 1. The lowest BCUT2D eigenvalue weighted by Crippen LogP contribution is -2.43. The molecular weight excluding hydrogens is 228 g/mol. The second-order valence-corrected chi connectivity index (χ2v) is 4.40. The fourth-order valence-electron chi connectivity index (χ4n) is 1.77. The Kier molecular flexibility index (Phi) is 3.83. The zero-order chi connectivity index (χ0) is 13.2. The first kappa shape index (κ1) is 13.6. The van der Waals surface area contributed by atoms with E-state index >= 15 is 0 Å². The molecule has 3 N–H and O–H groups in total. The minimum absolute atomic E-state index is 0.122. The van der Waals surface area contributed by atoms with E-state index in [1.165, 1.54) is 6.07 Å². The lowest BCUT2D eigenvalue weighted by Gasteiger charge is -2.32. The molecule has 0 aliphatic rings. The third-order valence-electron chi connectivity index (χ3n) is 3.07. The Hall–Kier alpha value is -1.49. The number of nitrogens with two attached hydrogens (primary N) is 1. The third kappa shape index (κ3) is 2.79. The predicted octanol–water partition coefficient (Wildman–Crippen LogP) is 2.04. The second kappa shape index (κ2) is 4.79. The quantitative estimate of drug-likeness (QED) is 0.850. The highest BCUT2D eigenvalue weighted by molar-refractivity contribution is 5.69. The summed E-state index contributed by atoms with van der Waals surface area (Å²) in [6.45, 7) is 3.16. The molecule has 2 atom stereocenters. The van der Waals surface area contributed by atoms with Gasteiger partial charge in [0.1, 0.15) is 11.6 Å². The third-order valence-corrected chi connectivity index (χ3v) is 3.07. The summed E-state index contributed by atoms with van der Waals surface area (Å²) in [5.74, 6) is -2.55. The molecule has 0 aromatic heterocycles. The van der Waals surface area contributed by atoms with Crippen LogP contribution in [0.3, 0.4) is 0 Å². The highest BCUT2D eigenvalue weighted by atomic mass is 19.1. The topological polar surface area (TPSA) is 63.3 Å². The van der Waals surface area contributed by atoms with E-state index in [4.69, 9.17) is 10.8 Å². The summed E-state index contributed by atoms with van der Waals surface area (Å²) in [7, 11) is 0. The van der Waals surface area contributed by atoms with Crippen LogP contribution in [0.5, 0.6) is 0 Å². The van der Waals surface area contributed by atoms with E-state index in [-0.39, 0.29) is 12.0 Å². The maximum Gasteiger partial charge on any atom is 0.304 e. The largest absolute Gasteiger partial charge is 0.481 e. The van der Waals surface area contributed by atoms with Gasteiger partial charge in [0.25, 0.3) is 0 Å². The first-order valence-electron chi connectivity index (χ1n) is 5.20. The zero-order valence-corrected chi connectivity index (χ0v) is 9.71. The highest BCUT2D eigenvalue weighted by Crippen LogP contribution is 2.32. The van der Waals surface area contributed by atoms with Gasteiger partial charge in [0.05, 0.1) is 6.42 Å². The molecule has 2 unspecified atom stereocenters. The number of benzene rings is 1. The van der Waals surface area contributed by atoms with Gasteiger partial charge in [0.15, 0.2) is 0 Å². The molecule has 0 aliphatic heterocycles. The molecule has 0 amide bonds. The van der Waals surface area contributed by atoms with Crippen LogP contribution in [0.1, 0.15) is 25.8 Å². The van der Waals surface area contributed by atoms with Crippen molar-refractivity contribution in [1.29, 1.82) is 0 Å². The van der Waals surface area contributed by atoms with Gasteiger partial charge in [-0.3, -0.25) is 4.79 Å². The van der Waals surface area contributed by atoms with Crippen molar-refractivity contribution in [3.05, 3.63) is 35.4 Å². The van der Waals surface area contributed by atoms with Crippen LogP contribution in [0.25, 0.3) is 0 Å². The summed E-state index contributed by atoms with van der Waals surface area (Å²) in [5, 5.41) is 8.85. The van der Waals surface area contributed by atoms with Crippen molar-refractivity contribution < 1.29 is 18.7 Å². The van der Waals surface area contributed by atoms with Crippen molar-refractivity contribution in [1.82, 2.24) is 0 Å². The van der Waals surface area contributed by atoms with E-state index in [2.05, 4.69) is 0 Å². The number of hydrogen-bond acceptors (Lipinski definition) is 2. The fourth-order valence-corrected chi connectivity index (χ4v) is 1.77. The summed E-state index contributed by atoms with van der Waals surface area (Å²) in [5.41, 5.74) is 4.79. The summed E-state index contributed by atoms with van der Waals surface area (Å²) < 4.78 is 26.5. The standard InChI is InChI=1S/C12H15F2NO2/c1-7(15)12(2,6-11(16)17)9-4-3-8(13)5-10(9)14/h3-5,7H,6,15H2,1-2H3,(H,16,17). The van der Waals surface area contributed by atoms with Crippen molar-refractivity contribution in [2.75, 3.05) is 0 Å². The smallest absolute Gasteiger partial charge is 0.304 e. The zero-order valence-electron chi connectivity index (χ0n) is 9.71. The second-order valence-electron chi connectivity index (χ2n) is 4.40. The van der Waals surface area contributed by atoms with Crippen molar-refractivity contribution in [3.8, 4) is 0 Å². The highest BCUT2D eigenvalue weighted by Gasteiger charge is 2.36. The van der Waals surface area contributed by atoms with Gasteiger partial charge in [-0.15, -0.1) is 0 Å². The van der Waals surface area contributed by atoms with Gasteiger partial charge in [0.2, 0.25) is 0 Å². The monoisotopic (exact) mass is 243 g/mol. The molecule has 0 radical (unpaired) electrons. The predicted molar refractivity (Wildman–Crippen MR) is 59.6 cm³/mol. The van der Waals surface area contributed by atoms with E-state index < -0.39 is 29.1 Å². The van der Waals surface area contributed by atoms with Gasteiger partial charge >= 0.3 is 5.97 Å². The van der Waals surface area contributed by atoms with E-state index in [1.807, 2.05) is 0 Å². The molecule has 1 rings (SSSR count). The van der Waals surface area contributed by atoms with Crippen LogP contribution in [0.4, 0.5) is 8.78 Å².